The number of hydrogen-bond acceptors (Lipinski definition) is 3. The van der Waals surface area contributed by atoms with Crippen LogP contribution in [0.3, 0.4) is 0 Å². The van der Waals surface area contributed by atoms with Crippen molar-refractivity contribution in [3.05, 3.63) is 70.2 Å². The highest BCUT2D eigenvalue weighted by atomic mass is 35.5. The number of carbonyl (C=O) groups excluding carboxylic acids is 1. The number of halogens is 2. The zero-order chi connectivity index (χ0) is 15.4. The summed E-state index contributed by atoms with van der Waals surface area (Å²) in [5.41, 5.74) is 6.18. The summed E-state index contributed by atoms with van der Waals surface area (Å²) in [7, 11) is 0. The maximum Gasteiger partial charge on any atom is 0.273 e. The van der Waals surface area contributed by atoms with Gasteiger partial charge in [0.15, 0.2) is 0 Å². The number of benzene rings is 2. The molecule has 0 saturated heterocycles. The smallest absolute Gasteiger partial charge is 0.273 e. The average molecular weight is 323 g/mol. The van der Waals surface area contributed by atoms with Crippen LogP contribution in [0, 0.1) is 0 Å². The van der Waals surface area contributed by atoms with Crippen LogP contribution in [0.4, 0.5) is 0 Å². The van der Waals surface area contributed by atoms with Gasteiger partial charge in [0, 0.05) is 10.6 Å². The Balaban J connectivity index is 2.06. The molecule has 2 aromatic carbocycles. The van der Waals surface area contributed by atoms with Gasteiger partial charge in [0.25, 0.3) is 5.91 Å². The van der Waals surface area contributed by atoms with Crippen molar-refractivity contribution in [2.45, 2.75) is 0 Å². The molecule has 21 heavy (non-hydrogen) atoms. The summed E-state index contributed by atoms with van der Waals surface area (Å²) in [5, 5.41) is 10.6. The van der Waals surface area contributed by atoms with Crippen LogP contribution in [0.15, 0.2) is 49.0 Å². The van der Waals surface area contributed by atoms with Gasteiger partial charge in [-0.3, -0.25) is 15.6 Å². The van der Waals surface area contributed by atoms with Crippen LogP contribution in [0.2, 0.25) is 10.0 Å². The van der Waals surface area contributed by atoms with Crippen molar-refractivity contribution in [2.75, 3.05) is 0 Å². The molecule has 3 N–H and O–H groups in total. The molecule has 6 heteroatoms. The van der Waals surface area contributed by atoms with E-state index < -0.39 is 5.91 Å². The van der Waals surface area contributed by atoms with Crippen LogP contribution in [0.5, 0.6) is 5.75 Å². The Morgan fingerprint density at radius 2 is 1.76 bits per heavy atom. The van der Waals surface area contributed by atoms with Crippen molar-refractivity contribution in [1.29, 1.82) is 0 Å². The Morgan fingerprint density at radius 1 is 1.05 bits per heavy atom. The third kappa shape index (κ3) is 3.68. The van der Waals surface area contributed by atoms with E-state index in [9.17, 15) is 9.90 Å². The highest BCUT2D eigenvalue weighted by Gasteiger charge is 2.11. The van der Waals surface area contributed by atoms with Crippen LogP contribution < -0.4 is 10.9 Å². The topological polar surface area (TPSA) is 61.4 Å². The lowest BCUT2D eigenvalue weighted by Crippen LogP contribution is -2.35. The lowest BCUT2D eigenvalue weighted by Gasteiger charge is -2.13. The first-order chi connectivity index (χ1) is 9.99. The molecule has 2 rings (SSSR count). The van der Waals surface area contributed by atoms with Crippen LogP contribution in [-0.4, -0.2) is 11.0 Å². The Labute approximate surface area is 132 Å². The number of hydrazine groups is 1. The predicted octanol–water partition coefficient (Wildman–Crippen LogP) is 3.60. The fourth-order valence-corrected chi connectivity index (χ4v) is 2.06. The van der Waals surface area contributed by atoms with Gasteiger partial charge in [-0.25, -0.2) is 0 Å². The molecule has 0 aliphatic heterocycles. The first kappa shape index (κ1) is 15.2. The average Bonchev–Trinajstić information content (AvgIpc) is 2.47. The zero-order valence-electron chi connectivity index (χ0n) is 10.9. The van der Waals surface area contributed by atoms with Gasteiger partial charge >= 0.3 is 0 Å². The molecule has 2 aromatic rings. The van der Waals surface area contributed by atoms with Gasteiger partial charge in [-0.1, -0.05) is 41.9 Å². The van der Waals surface area contributed by atoms with Crippen LogP contribution >= 0.6 is 23.2 Å². The Kier molecular flexibility index (Phi) is 4.73. The van der Waals surface area contributed by atoms with E-state index in [1.54, 1.807) is 30.3 Å². The lowest BCUT2D eigenvalue weighted by atomic mass is 10.2. The van der Waals surface area contributed by atoms with E-state index in [1.807, 2.05) is 0 Å². The number of carbonyl (C=O) groups is 1. The van der Waals surface area contributed by atoms with E-state index in [1.165, 1.54) is 12.1 Å². The van der Waals surface area contributed by atoms with Gasteiger partial charge in [0.1, 0.15) is 5.75 Å². The molecule has 1 amide bonds. The normalized spacial score (nSPS) is 10.0. The summed E-state index contributed by atoms with van der Waals surface area (Å²) in [6.07, 6.45) is 0. The molecule has 108 valence electrons. The fourth-order valence-electron chi connectivity index (χ4n) is 1.66. The van der Waals surface area contributed by atoms with Crippen LogP contribution in [0.25, 0.3) is 5.70 Å². The number of aromatic hydroxyl groups is 1. The molecular weight excluding hydrogens is 311 g/mol. The number of nitrogens with one attached hydrogen (secondary N) is 2. The fraction of sp³-hybridized carbons (Fsp3) is 0. The largest absolute Gasteiger partial charge is 0.507 e. The van der Waals surface area contributed by atoms with Crippen molar-refractivity contribution < 1.29 is 9.90 Å². The molecule has 0 spiro atoms. The standard InChI is InChI=1S/C15H12Cl2N2O2/c1-9(12-8-10(16)6-7-13(12)17)18-19-15(21)11-4-2-3-5-14(11)20/h2-8,18,20H,1H2,(H,19,21). The van der Waals surface area contributed by atoms with Crippen LogP contribution in [-0.2, 0) is 0 Å². The molecule has 0 unspecified atom stereocenters. The van der Waals surface area contributed by atoms with E-state index >= 15 is 0 Å². The SMILES string of the molecule is C=C(NNC(=O)c1ccccc1O)c1cc(Cl)ccc1Cl. The Hall–Kier alpha value is -2.17. The van der Waals surface area contributed by atoms with Crippen molar-refractivity contribution >= 4 is 34.8 Å². The Morgan fingerprint density at radius 3 is 2.48 bits per heavy atom. The molecule has 4 nitrogen and oxygen atoms in total. The van der Waals surface area contributed by atoms with Gasteiger partial charge in [-0.2, -0.15) is 0 Å². The highest BCUT2D eigenvalue weighted by Crippen LogP contribution is 2.24. The second-order valence-electron chi connectivity index (χ2n) is 4.20. The summed E-state index contributed by atoms with van der Waals surface area (Å²) in [5.74, 6) is -0.601. The number of phenolic OH excluding ortho intramolecular Hbond substituents is 1. The molecule has 0 heterocycles. The molecule has 0 radical (unpaired) electrons. The summed E-state index contributed by atoms with van der Waals surface area (Å²) in [4.78, 5) is 11.9. The molecular formula is C15H12Cl2N2O2. The minimum absolute atomic E-state index is 0.108. The van der Waals surface area contributed by atoms with Crippen molar-refractivity contribution in [2.24, 2.45) is 0 Å². The van der Waals surface area contributed by atoms with Gasteiger partial charge in [0.05, 0.1) is 16.3 Å². The summed E-state index contributed by atoms with van der Waals surface area (Å²) in [6, 6.07) is 11.1. The van der Waals surface area contributed by atoms with Crippen LogP contribution in [0.1, 0.15) is 15.9 Å². The molecule has 0 atom stereocenters. The maximum atomic E-state index is 11.9. The van der Waals surface area contributed by atoms with Gasteiger partial charge in [0.2, 0.25) is 0 Å². The molecule has 0 fully saturated rings. The summed E-state index contributed by atoms with van der Waals surface area (Å²) >= 11 is 11.9. The summed E-state index contributed by atoms with van der Waals surface area (Å²) < 4.78 is 0. The van der Waals surface area contributed by atoms with Crippen molar-refractivity contribution in [3.63, 3.8) is 0 Å². The third-order valence-corrected chi connectivity index (χ3v) is 3.29. The van der Waals surface area contributed by atoms with Crippen molar-refractivity contribution in [1.82, 2.24) is 10.9 Å². The monoisotopic (exact) mass is 322 g/mol. The van der Waals surface area contributed by atoms with E-state index in [0.29, 0.717) is 21.3 Å². The second-order valence-corrected chi connectivity index (χ2v) is 5.04. The van der Waals surface area contributed by atoms with Crippen molar-refractivity contribution in [3.8, 4) is 5.75 Å². The number of phenols is 1. The van der Waals surface area contributed by atoms with E-state index in [0.717, 1.165) is 0 Å². The highest BCUT2D eigenvalue weighted by molar-refractivity contribution is 6.34. The number of rotatable bonds is 4. The molecule has 0 saturated carbocycles. The van der Waals surface area contributed by atoms with E-state index in [4.69, 9.17) is 23.2 Å². The predicted molar refractivity (Wildman–Crippen MR) is 84.2 cm³/mol. The van der Waals surface area contributed by atoms with E-state index in [2.05, 4.69) is 17.4 Å². The van der Waals surface area contributed by atoms with Gasteiger partial charge < -0.3 is 5.11 Å². The minimum atomic E-state index is -0.493. The van der Waals surface area contributed by atoms with Gasteiger partial charge in [-0.15, -0.1) is 0 Å². The molecule has 0 aromatic heterocycles. The Bertz CT molecular complexity index is 702. The minimum Gasteiger partial charge on any atom is -0.507 e. The second kappa shape index (κ2) is 6.52. The maximum absolute atomic E-state index is 11.9. The molecule has 0 aliphatic rings. The summed E-state index contributed by atoms with van der Waals surface area (Å²) in [6.45, 7) is 3.78. The number of hydrogen-bond donors (Lipinski definition) is 3. The zero-order valence-corrected chi connectivity index (χ0v) is 12.4. The molecule has 0 bridgehead atoms. The van der Waals surface area contributed by atoms with Gasteiger partial charge in [-0.05, 0) is 30.3 Å². The lowest BCUT2D eigenvalue weighted by molar-refractivity contribution is 0.0940. The third-order valence-electron chi connectivity index (χ3n) is 2.73. The van der Waals surface area contributed by atoms with E-state index in [-0.39, 0.29) is 11.3 Å². The number of para-hydroxylation sites is 1. The first-order valence-electron chi connectivity index (χ1n) is 5.97. The first-order valence-corrected chi connectivity index (χ1v) is 6.73. The quantitative estimate of drug-likeness (QED) is 0.753. The number of amides is 1. The molecule has 0 aliphatic carbocycles.